The minimum atomic E-state index is -0.265. The Hall–Kier alpha value is -2.62. The Kier molecular flexibility index (Phi) is 5.32. The van der Waals surface area contributed by atoms with Gasteiger partial charge in [-0.05, 0) is 47.2 Å². The third-order valence-electron chi connectivity index (χ3n) is 6.19. The lowest BCUT2D eigenvalue weighted by molar-refractivity contribution is -0.933. The predicted molar refractivity (Wildman–Crippen MR) is 109 cm³/mol. The highest BCUT2D eigenvalue weighted by molar-refractivity contribution is 5.82. The minimum Gasteiger partial charge on any atom is -0.376 e. The number of H-pyrrole nitrogens is 1. The van der Waals surface area contributed by atoms with Crippen LogP contribution in [0.1, 0.15) is 35.8 Å². The lowest BCUT2D eigenvalue weighted by Crippen LogP contribution is -3.14. The van der Waals surface area contributed by atoms with Gasteiger partial charge in [0.2, 0.25) is 5.82 Å². The molecule has 30 heavy (non-hydrogen) atoms. The fourth-order valence-corrected chi connectivity index (χ4v) is 4.61. The standard InChI is InChI=1S/C21H26N6O3/c1-14-4-2-5-15-12-17(21(28)22-18(14)15)19(26-7-10-29-11-8-26)20-23-24-25-27(20)13-16-6-3-9-30-16/h2,4-5,12,16,19H,3,6-11,13H2,1H3,(H,22,28)/p+1/t16-,19-/m1/s1. The molecule has 2 aliphatic rings. The van der Waals surface area contributed by atoms with E-state index in [0.29, 0.717) is 31.1 Å². The number of tetrazole rings is 1. The number of quaternary nitrogens is 1. The van der Waals surface area contributed by atoms with Crippen molar-refractivity contribution in [3.8, 4) is 0 Å². The lowest BCUT2D eigenvalue weighted by Gasteiger charge is -2.30. The van der Waals surface area contributed by atoms with Gasteiger partial charge in [-0.15, -0.1) is 5.10 Å². The van der Waals surface area contributed by atoms with Crippen molar-refractivity contribution in [2.24, 2.45) is 0 Å². The minimum absolute atomic E-state index is 0.0903. The van der Waals surface area contributed by atoms with E-state index in [2.05, 4.69) is 20.5 Å². The Morgan fingerprint density at radius 1 is 1.30 bits per heavy atom. The fourth-order valence-electron chi connectivity index (χ4n) is 4.61. The Morgan fingerprint density at radius 3 is 2.97 bits per heavy atom. The van der Waals surface area contributed by atoms with Gasteiger partial charge >= 0.3 is 0 Å². The van der Waals surface area contributed by atoms with Gasteiger partial charge < -0.3 is 19.4 Å². The molecule has 158 valence electrons. The van der Waals surface area contributed by atoms with Crippen LogP contribution in [-0.2, 0) is 16.0 Å². The summed E-state index contributed by atoms with van der Waals surface area (Å²) in [5, 5.41) is 13.6. The van der Waals surface area contributed by atoms with Crippen LogP contribution in [-0.4, -0.2) is 64.2 Å². The molecule has 0 aliphatic carbocycles. The van der Waals surface area contributed by atoms with Gasteiger partial charge in [0.15, 0.2) is 6.04 Å². The molecule has 3 aromatic rings. The summed E-state index contributed by atoms with van der Waals surface area (Å²) in [4.78, 5) is 17.6. The number of aromatic amines is 1. The zero-order valence-electron chi connectivity index (χ0n) is 17.1. The van der Waals surface area contributed by atoms with Crippen LogP contribution in [0.3, 0.4) is 0 Å². The number of nitrogens with one attached hydrogen (secondary N) is 2. The molecular formula is C21H27N6O3+. The highest BCUT2D eigenvalue weighted by Crippen LogP contribution is 2.21. The van der Waals surface area contributed by atoms with Crippen molar-refractivity contribution < 1.29 is 14.4 Å². The highest BCUT2D eigenvalue weighted by atomic mass is 16.5. The molecule has 2 aliphatic heterocycles. The van der Waals surface area contributed by atoms with Crippen molar-refractivity contribution in [3.05, 3.63) is 51.6 Å². The molecule has 5 rings (SSSR count). The summed E-state index contributed by atoms with van der Waals surface area (Å²) >= 11 is 0. The van der Waals surface area contributed by atoms with E-state index in [1.165, 1.54) is 4.90 Å². The maximum atomic E-state index is 13.2. The molecule has 2 fully saturated rings. The van der Waals surface area contributed by atoms with Crippen molar-refractivity contribution in [2.45, 2.75) is 38.5 Å². The van der Waals surface area contributed by atoms with Crippen molar-refractivity contribution >= 4 is 10.9 Å². The van der Waals surface area contributed by atoms with Crippen LogP contribution in [0.25, 0.3) is 10.9 Å². The number of morpholine rings is 1. The topological polar surface area (TPSA) is 99.4 Å². The summed E-state index contributed by atoms with van der Waals surface area (Å²) in [6.45, 7) is 6.29. The summed E-state index contributed by atoms with van der Waals surface area (Å²) < 4.78 is 13.2. The van der Waals surface area contributed by atoms with E-state index in [4.69, 9.17) is 9.47 Å². The van der Waals surface area contributed by atoms with Crippen LogP contribution < -0.4 is 10.5 Å². The van der Waals surface area contributed by atoms with Crippen LogP contribution in [0.15, 0.2) is 29.1 Å². The van der Waals surface area contributed by atoms with E-state index in [-0.39, 0.29) is 17.7 Å². The number of aromatic nitrogens is 5. The number of rotatable bonds is 5. The molecule has 0 radical (unpaired) electrons. The molecule has 0 unspecified atom stereocenters. The molecule has 9 nitrogen and oxygen atoms in total. The normalized spacial score (nSPS) is 21.3. The second kappa shape index (κ2) is 8.25. The monoisotopic (exact) mass is 411 g/mol. The van der Waals surface area contributed by atoms with E-state index in [1.807, 2.05) is 35.9 Å². The molecule has 9 heteroatoms. The first kappa shape index (κ1) is 19.3. The van der Waals surface area contributed by atoms with Crippen LogP contribution in [0.5, 0.6) is 0 Å². The average molecular weight is 411 g/mol. The van der Waals surface area contributed by atoms with Crippen molar-refractivity contribution in [2.75, 3.05) is 32.9 Å². The van der Waals surface area contributed by atoms with Crippen LogP contribution in [0, 0.1) is 6.92 Å². The van der Waals surface area contributed by atoms with Crippen LogP contribution in [0.2, 0.25) is 0 Å². The van der Waals surface area contributed by atoms with E-state index in [1.54, 1.807) is 0 Å². The zero-order chi connectivity index (χ0) is 20.5. The number of para-hydroxylation sites is 1. The molecule has 2 saturated heterocycles. The maximum absolute atomic E-state index is 13.2. The quantitative estimate of drug-likeness (QED) is 0.614. The van der Waals surface area contributed by atoms with E-state index >= 15 is 0 Å². The molecule has 2 atom stereocenters. The van der Waals surface area contributed by atoms with E-state index in [9.17, 15) is 4.79 Å². The van der Waals surface area contributed by atoms with Crippen molar-refractivity contribution in [3.63, 3.8) is 0 Å². The summed E-state index contributed by atoms with van der Waals surface area (Å²) in [7, 11) is 0. The van der Waals surface area contributed by atoms with Gasteiger partial charge in [-0.3, -0.25) is 4.79 Å². The summed E-state index contributed by atoms with van der Waals surface area (Å²) in [6, 6.07) is 7.78. The second-order valence-electron chi connectivity index (χ2n) is 8.15. The second-order valence-corrected chi connectivity index (χ2v) is 8.15. The Labute approximate surface area is 174 Å². The smallest absolute Gasteiger partial charge is 0.258 e. The molecule has 0 spiro atoms. The summed E-state index contributed by atoms with van der Waals surface area (Å²) in [6.07, 6.45) is 2.18. The number of hydrogen-bond acceptors (Lipinski definition) is 6. The van der Waals surface area contributed by atoms with Crippen LogP contribution >= 0.6 is 0 Å². The molecule has 0 saturated carbocycles. The van der Waals surface area contributed by atoms with Gasteiger partial charge in [0.1, 0.15) is 13.1 Å². The number of hydrogen-bond donors (Lipinski definition) is 2. The lowest BCUT2D eigenvalue weighted by atomic mass is 10.0. The molecule has 0 amide bonds. The average Bonchev–Trinajstić information content (AvgIpc) is 3.43. The molecule has 2 N–H and O–H groups in total. The fraction of sp³-hybridized carbons (Fsp3) is 0.524. The Balaban J connectivity index is 1.60. The number of fused-ring (bicyclic) bond motifs is 1. The van der Waals surface area contributed by atoms with E-state index in [0.717, 1.165) is 49.0 Å². The third kappa shape index (κ3) is 3.64. The van der Waals surface area contributed by atoms with Gasteiger partial charge in [0.05, 0.1) is 36.9 Å². The third-order valence-corrected chi connectivity index (χ3v) is 6.19. The molecule has 1 aromatic carbocycles. The first-order valence-corrected chi connectivity index (χ1v) is 10.6. The Morgan fingerprint density at radius 2 is 2.17 bits per heavy atom. The summed E-state index contributed by atoms with van der Waals surface area (Å²) in [5.41, 5.74) is 2.52. The van der Waals surface area contributed by atoms with Crippen molar-refractivity contribution in [1.82, 2.24) is 25.2 Å². The largest absolute Gasteiger partial charge is 0.376 e. The van der Waals surface area contributed by atoms with Gasteiger partial charge in [-0.2, -0.15) is 0 Å². The SMILES string of the molecule is Cc1cccc2cc([C@H](c3nnnn3C[C@H]3CCCO3)[NH+]3CCOCC3)c(=O)[nH]c12. The highest BCUT2D eigenvalue weighted by Gasteiger charge is 2.35. The van der Waals surface area contributed by atoms with Gasteiger partial charge in [-0.1, -0.05) is 18.2 Å². The molecule has 4 heterocycles. The number of pyridine rings is 1. The van der Waals surface area contributed by atoms with Crippen LogP contribution in [0.4, 0.5) is 0 Å². The zero-order valence-corrected chi connectivity index (χ0v) is 17.1. The van der Waals surface area contributed by atoms with Gasteiger partial charge in [0, 0.05) is 6.61 Å². The number of ether oxygens (including phenoxy) is 2. The van der Waals surface area contributed by atoms with Crippen molar-refractivity contribution in [1.29, 1.82) is 0 Å². The summed E-state index contributed by atoms with van der Waals surface area (Å²) in [5.74, 6) is 0.708. The predicted octanol–water partition coefficient (Wildman–Crippen LogP) is 0.00652. The first-order valence-electron chi connectivity index (χ1n) is 10.6. The molecule has 0 bridgehead atoms. The first-order chi connectivity index (χ1) is 14.7. The molecular weight excluding hydrogens is 384 g/mol. The Bertz CT molecular complexity index is 1080. The van der Waals surface area contributed by atoms with Gasteiger partial charge in [0.25, 0.3) is 5.56 Å². The number of benzene rings is 1. The van der Waals surface area contributed by atoms with E-state index < -0.39 is 0 Å². The van der Waals surface area contributed by atoms with Gasteiger partial charge in [-0.25, -0.2) is 4.68 Å². The maximum Gasteiger partial charge on any atom is 0.258 e. The number of aryl methyl sites for hydroxylation is 1. The molecule has 2 aromatic heterocycles. The number of nitrogens with zero attached hydrogens (tertiary/aromatic N) is 4.